The first-order valence-corrected chi connectivity index (χ1v) is 6.29. The number of hydrogen-bond donors (Lipinski definition) is 1. The van der Waals surface area contributed by atoms with Crippen molar-refractivity contribution in [3.63, 3.8) is 0 Å². The Labute approximate surface area is 122 Å². The van der Waals surface area contributed by atoms with Gasteiger partial charge >= 0.3 is 0 Å². The third-order valence-corrected chi connectivity index (χ3v) is 2.80. The first-order valence-electron chi connectivity index (χ1n) is 6.29. The molecule has 0 saturated heterocycles. The van der Waals surface area contributed by atoms with E-state index in [1.807, 2.05) is 6.07 Å². The fraction of sp³-hybridized carbons (Fsp3) is 0.125. The lowest BCUT2D eigenvalue weighted by atomic mass is 10.1. The van der Waals surface area contributed by atoms with E-state index in [0.717, 1.165) is 5.56 Å². The van der Waals surface area contributed by atoms with Crippen molar-refractivity contribution in [2.45, 2.75) is 6.54 Å². The Morgan fingerprint density at radius 3 is 2.71 bits per heavy atom. The van der Waals surface area contributed by atoms with Gasteiger partial charge in [0.1, 0.15) is 23.2 Å². The van der Waals surface area contributed by atoms with E-state index in [9.17, 15) is 4.79 Å². The van der Waals surface area contributed by atoms with Crippen LogP contribution in [0.4, 0.5) is 0 Å². The number of ether oxygens (including phenoxy) is 1. The van der Waals surface area contributed by atoms with E-state index in [1.165, 1.54) is 12.3 Å². The van der Waals surface area contributed by atoms with Crippen LogP contribution >= 0.6 is 0 Å². The van der Waals surface area contributed by atoms with E-state index in [-0.39, 0.29) is 12.1 Å². The summed E-state index contributed by atoms with van der Waals surface area (Å²) in [7, 11) is 1.58. The number of carbonyl (C=O) groups is 1. The number of nitrogens with one attached hydrogen (secondary N) is 1. The van der Waals surface area contributed by atoms with Crippen LogP contribution in [0.2, 0.25) is 0 Å². The monoisotopic (exact) mass is 282 g/mol. The fourth-order valence-electron chi connectivity index (χ4n) is 1.69. The van der Waals surface area contributed by atoms with Gasteiger partial charge in [-0.25, -0.2) is 0 Å². The number of methoxy groups -OCH3 is 1. The number of furan rings is 1. The molecule has 0 spiro atoms. The largest absolute Gasteiger partial charge is 0.497 e. The SMILES string of the molecule is COc1ccc(/C=C(/C#N)C(=O)NCc2ccco2)cc1. The zero-order chi connectivity index (χ0) is 15.1. The highest BCUT2D eigenvalue weighted by Gasteiger charge is 2.09. The van der Waals surface area contributed by atoms with Crippen molar-refractivity contribution in [2.24, 2.45) is 0 Å². The van der Waals surface area contributed by atoms with Gasteiger partial charge in [-0.05, 0) is 35.9 Å². The molecule has 0 aliphatic rings. The standard InChI is InChI=1S/C16H14N2O3/c1-20-14-6-4-12(5-7-14)9-13(10-17)16(19)18-11-15-3-2-8-21-15/h2-9H,11H2,1H3,(H,18,19)/b13-9-. The average Bonchev–Trinajstić information content (AvgIpc) is 3.04. The summed E-state index contributed by atoms with van der Waals surface area (Å²) in [6.45, 7) is 0.244. The molecular weight excluding hydrogens is 268 g/mol. The molecule has 0 fully saturated rings. The third kappa shape index (κ3) is 3.98. The molecule has 1 aromatic heterocycles. The average molecular weight is 282 g/mol. The highest BCUT2D eigenvalue weighted by Crippen LogP contribution is 2.14. The molecule has 5 nitrogen and oxygen atoms in total. The van der Waals surface area contributed by atoms with Crippen LogP contribution in [-0.2, 0) is 11.3 Å². The van der Waals surface area contributed by atoms with Crippen molar-refractivity contribution >= 4 is 12.0 Å². The lowest BCUT2D eigenvalue weighted by Gasteiger charge is -2.03. The van der Waals surface area contributed by atoms with Gasteiger partial charge < -0.3 is 14.5 Å². The lowest BCUT2D eigenvalue weighted by Crippen LogP contribution is -2.23. The van der Waals surface area contributed by atoms with Gasteiger partial charge in [-0.2, -0.15) is 5.26 Å². The van der Waals surface area contributed by atoms with E-state index in [0.29, 0.717) is 11.5 Å². The Morgan fingerprint density at radius 2 is 2.14 bits per heavy atom. The summed E-state index contributed by atoms with van der Waals surface area (Å²) in [6, 6.07) is 12.5. The zero-order valence-electron chi connectivity index (χ0n) is 11.5. The summed E-state index contributed by atoms with van der Waals surface area (Å²) < 4.78 is 10.2. The summed E-state index contributed by atoms with van der Waals surface area (Å²) >= 11 is 0. The van der Waals surface area contributed by atoms with E-state index in [1.54, 1.807) is 43.5 Å². The molecule has 2 rings (SSSR count). The van der Waals surface area contributed by atoms with Gasteiger partial charge in [0.25, 0.3) is 5.91 Å². The molecule has 1 aromatic carbocycles. The second kappa shape index (κ2) is 6.96. The van der Waals surface area contributed by atoms with Crippen LogP contribution in [0.25, 0.3) is 6.08 Å². The summed E-state index contributed by atoms with van der Waals surface area (Å²) in [5.74, 6) is 0.905. The number of rotatable bonds is 5. The van der Waals surface area contributed by atoms with E-state index < -0.39 is 5.91 Å². The molecule has 0 saturated carbocycles. The molecule has 0 bridgehead atoms. The first-order chi connectivity index (χ1) is 10.2. The fourth-order valence-corrected chi connectivity index (χ4v) is 1.69. The van der Waals surface area contributed by atoms with Crippen molar-refractivity contribution in [3.05, 3.63) is 59.6 Å². The second-order valence-corrected chi connectivity index (χ2v) is 4.21. The van der Waals surface area contributed by atoms with Gasteiger partial charge in [0.05, 0.1) is 19.9 Å². The zero-order valence-corrected chi connectivity index (χ0v) is 11.5. The third-order valence-electron chi connectivity index (χ3n) is 2.80. The molecule has 2 aromatic rings. The minimum Gasteiger partial charge on any atom is -0.497 e. The quantitative estimate of drug-likeness (QED) is 0.675. The molecule has 21 heavy (non-hydrogen) atoms. The van der Waals surface area contributed by atoms with Gasteiger partial charge in [0.2, 0.25) is 0 Å². The molecule has 0 atom stereocenters. The van der Waals surface area contributed by atoms with Crippen LogP contribution in [0.15, 0.2) is 52.7 Å². The Morgan fingerprint density at radius 1 is 1.38 bits per heavy atom. The van der Waals surface area contributed by atoms with Crippen LogP contribution in [0.5, 0.6) is 5.75 Å². The Balaban J connectivity index is 2.05. The Bertz CT molecular complexity index is 665. The highest BCUT2D eigenvalue weighted by atomic mass is 16.5. The number of amides is 1. The predicted octanol–water partition coefficient (Wildman–Crippen LogP) is 2.51. The molecule has 0 unspecified atom stereocenters. The van der Waals surface area contributed by atoms with Crippen LogP contribution in [0.1, 0.15) is 11.3 Å². The second-order valence-electron chi connectivity index (χ2n) is 4.21. The predicted molar refractivity (Wildman–Crippen MR) is 77.1 cm³/mol. The Hall–Kier alpha value is -3.00. The molecule has 0 radical (unpaired) electrons. The molecule has 1 N–H and O–H groups in total. The van der Waals surface area contributed by atoms with Crippen LogP contribution in [0, 0.1) is 11.3 Å². The summed E-state index contributed by atoms with van der Waals surface area (Å²) in [5, 5.41) is 11.7. The van der Waals surface area contributed by atoms with Crippen LogP contribution < -0.4 is 10.1 Å². The number of carbonyl (C=O) groups excluding carboxylic acids is 1. The van der Waals surface area contributed by atoms with Gasteiger partial charge in [-0.15, -0.1) is 0 Å². The van der Waals surface area contributed by atoms with Crippen molar-refractivity contribution in [1.82, 2.24) is 5.32 Å². The van der Waals surface area contributed by atoms with Crippen molar-refractivity contribution in [2.75, 3.05) is 7.11 Å². The topological polar surface area (TPSA) is 75.3 Å². The Kier molecular flexibility index (Phi) is 4.78. The molecule has 1 amide bonds. The van der Waals surface area contributed by atoms with Crippen molar-refractivity contribution in [3.8, 4) is 11.8 Å². The maximum absolute atomic E-state index is 11.9. The molecule has 1 heterocycles. The van der Waals surface area contributed by atoms with Gasteiger partial charge in [0.15, 0.2) is 0 Å². The normalized spacial score (nSPS) is 10.8. The van der Waals surface area contributed by atoms with E-state index in [4.69, 9.17) is 14.4 Å². The molecule has 0 aliphatic heterocycles. The molecular formula is C16H14N2O3. The van der Waals surface area contributed by atoms with Crippen molar-refractivity contribution in [1.29, 1.82) is 5.26 Å². The smallest absolute Gasteiger partial charge is 0.262 e. The maximum Gasteiger partial charge on any atom is 0.262 e. The summed E-state index contributed by atoms with van der Waals surface area (Å²) in [6.07, 6.45) is 3.05. The summed E-state index contributed by atoms with van der Waals surface area (Å²) in [4.78, 5) is 11.9. The van der Waals surface area contributed by atoms with Gasteiger partial charge in [0, 0.05) is 0 Å². The number of nitriles is 1. The molecule has 0 aliphatic carbocycles. The van der Waals surface area contributed by atoms with Crippen molar-refractivity contribution < 1.29 is 13.9 Å². The van der Waals surface area contributed by atoms with E-state index in [2.05, 4.69) is 5.32 Å². The van der Waals surface area contributed by atoms with Crippen LogP contribution in [-0.4, -0.2) is 13.0 Å². The number of benzene rings is 1. The first kappa shape index (κ1) is 14.4. The number of hydrogen-bond acceptors (Lipinski definition) is 4. The minimum atomic E-state index is -0.440. The summed E-state index contributed by atoms with van der Waals surface area (Å²) in [5.41, 5.74) is 0.784. The maximum atomic E-state index is 11.9. The lowest BCUT2D eigenvalue weighted by molar-refractivity contribution is -0.117. The molecule has 106 valence electrons. The minimum absolute atomic E-state index is 0.0340. The van der Waals surface area contributed by atoms with Gasteiger partial charge in [-0.3, -0.25) is 4.79 Å². The van der Waals surface area contributed by atoms with Gasteiger partial charge in [-0.1, -0.05) is 12.1 Å². The molecule has 5 heteroatoms. The van der Waals surface area contributed by atoms with E-state index >= 15 is 0 Å². The van der Waals surface area contributed by atoms with Crippen LogP contribution in [0.3, 0.4) is 0 Å². The number of nitrogens with zero attached hydrogens (tertiary/aromatic N) is 1. The highest BCUT2D eigenvalue weighted by molar-refractivity contribution is 6.01.